The van der Waals surface area contributed by atoms with Crippen LogP contribution >= 0.6 is 0 Å². The molecule has 1 unspecified atom stereocenters. The third-order valence-electron chi connectivity index (χ3n) is 4.71. The van der Waals surface area contributed by atoms with E-state index in [1.54, 1.807) is 0 Å². The summed E-state index contributed by atoms with van der Waals surface area (Å²) in [5.41, 5.74) is 4.55. The average molecular weight is 382 g/mol. The molecule has 7 nitrogen and oxygen atoms in total. The van der Waals surface area contributed by atoms with Crippen molar-refractivity contribution >= 4 is 18.0 Å². The highest BCUT2D eigenvalue weighted by molar-refractivity contribution is 5.83. The molecule has 2 amide bonds. The molecule has 1 aliphatic rings. The summed E-state index contributed by atoms with van der Waals surface area (Å²) in [6.07, 6.45) is -0.636. The zero-order valence-corrected chi connectivity index (χ0v) is 15.5. The van der Waals surface area contributed by atoms with E-state index in [0.717, 1.165) is 22.3 Å². The van der Waals surface area contributed by atoms with Gasteiger partial charge < -0.3 is 20.5 Å². The van der Waals surface area contributed by atoms with Crippen molar-refractivity contribution in [3.05, 3.63) is 59.7 Å². The van der Waals surface area contributed by atoms with Crippen molar-refractivity contribution in [3.8, 4) is 11.1 Å². The molecule has 3 N–H and O–H groups in total. The van der Waals surface area contributed by atoms with Crippen molar-refractivity contribution < 1.29 is 24.2 Å². The van der Waals surface area contributed by atoms with Gasteiger partial charge in [0.05, 0.1) is 0 Å². The first kappa shape index (κ1) is 19.4. The lowest BCUT2D eigenvalue weighted by Gasteiger charge is -2.14. The Bertz CT molecular complexity index is 850. The molecule has 146 valence electrons. The monoisotopic (exact) mass is 382 g/mol. The minimum Gasteiger partial charge on any atom is -0.480 e. The van der Waals surface area contributed by atoms with Gasteiger partial charge in [0.1, 0.15) is 12.6 Å². The van der Waals surface area contributed by atoms with Gasteiger partial charge in [-0.2, -0.15) is 0 Å². The number of amides is 2. The second-order valence-corrected chi connectivity index (χ2v) is 6.63. The number of hydrogen-bond donors (Lipinski definition) is 3. The molecule has 0 bridgehead atoms. The lowest BCUT2D eigenvalue weighted by atomic mass is 9.98. The van der Waals surface area contributed by atoms with E-state index in [1.165, 1.54) is 6.92 Å². The smallest absolute Gasteiger partial charge is 0.407 e. The Morgan fingerprint density at radius 2 is 1.61 bits per heavy atom. The second-order valence-electron chi connectivity index (χ2n) is 6.63. The van der Waals surface area contributed by atoms with Gasteiger partial charge in [-0.05, 0) is 29.2 Å². The van der Waals surface area contributed by atoms with Crippen LogP contribution < -0.4 is 10.6 Å². The first-order valence-corrected chi connectivity index (χ1v) is 9.08. The molecule has 0 heterocycles. The van der Waals surface area contributed by atoms with E-state index < -0.39 is 24.0 Å². The fourth-order valence-corrected chi connectivity index (χ4v) is 3.30. The maximum atomic E-state index is 12.0. The van der Waals surface area contributed by atoms with Crippen LogP contribution in [0, 0.1) is 0 Å². The summed E-state index contributed by atoms with van der Waals surface area (Å²) in [4.78, 5) is 34.3. The van der Waals surface area contributed by atoms with Crippen molar-refractivity contribution in [1.82, 2.24) is 10.6 Å². The number of carboxylic acids is 1. The molecule has 7 heteroatoms. The fraction of sp³-hybridized carbons (Fsp3) is 0.286. The maximum absolute atomic E-state index is 12.0. The number of nitrogens with one attached hydrogen (secondary N) is 2. The maximum Gasteiger partial charge on any atom is 0.407 e. The number of benzene rings is 2. The molecule has 0 saturated heterocycles. The standard InChI is InChI=1S/C21H22N2O5/c1-13(20(25)26)23-19(24)10-11-22-21(27)28-12-18-16-8-4-2-6-14(16)15-7-3-5-9-17(15)18/h2-9,13,18H,10-12H2,1H3,(H,22,27)(H,23,24)(H,25,26). The van der Waals surface area contributed by atoms with E-state index in [9.17, 15) is 14.4 Å². The normalized spacial score (nSPS) is 13.2. The van der Waals surface area contributed by atoms with Gasteiger partial charge in [-0.25, -0.2) is 4.79 Å². The van der Waals surface area contributed by atoms with Crippen molar-refractivity contribution in [2.24, 2.45) is 0 Å². The van der Waals surface area contributed by atoms with Crippen molar-refractivity contribution in [3.63, 3.8) is 0 Å². The van der Waals surface area contributed by atoms with Gasteiger partial charge in [0.2, 0.25) is 5.91 Å². The number of alkyl carbamates (subject to hydrolysis) is 1. The van der Waals surface area contributed by atoms with Crippen LogP contribution in [-0.4, -0.2) is 42.3 Å². The molecule has 0 saturated carbocycles. The fourth-order valence-electron chi connectivity index (χ4n) is 3.30. The van der Waals surface area contributed by atoms with Crippen molar-refractivity contribution in [2.75, 3.05) is 13.2 Å². The Kier molecular flexibility index (Phi) is 5.93. The lowest BCUT2D eigenvalue weighted by molar-refractivity contribution is -0.141. The van der Waals surface area contributed by atoms with Crippen LogP contribution in [-0.2, 0) is 14.3 Å². The van der Waals surface area contributed by atoms with E-state index in [-0.39, 0.29) is 25.5 Å². The van der Waals surface area contributed by atoms with E-state index in [2.05, 4.69) is 22.8 Å². The molecule has 0 radical (unpaired) electrons. The molecule has 0 aliphatic heterocycles. The van der Waals surface area contributed by atoms with Gasteiger partial charge >= 0.3 is 12.1 Å². The van der Waals surface area contributed by atoms with Gasteiger partial charge in [-0.15, -0.1) is 0 Å². The van der Waals surface area contributed by atoms with Crippen LogP contribution in [0.4, 0.5) is 4.79 Å². The predicted molar refractivity (Wildman–Crippen MR) is 103 cm³/mol. The number of carbonyl (C=O) groups excluding carboxylic acids is 2. The zero-order valence-electron chi connectivity index (χ0n) is 15.5. The number of ether oxygens (including phenoxy) is 1. The highest BCUT2D eigenvalue weighted by atomic mass is 16.5. The molecule has 2 aromatic carbocycles. The van der Waals surface area contributed by atoms with Crippen LogP contribution in [0.25, 0.3) is 11.1 Å². The van der Waals surface area contributed by atoms with Crippen LogP contribution in [0.2, 0.25) is 0 Å². The summed E-state index contributed by atoms with van der Waals surface area (Å²) in [6, 6.07) is 15.1. The number of carboxylic acid groups (broad SMARTS) is 1. The topological polar surface area (TPSA) is 105 Å². The number of fused-ring (bicyclic) bond motifs is 3. The number of hydrogen-bond acceptors (Lipinski definition) is 4. The highest BCUT2D eigenvalue weighted by Crippen LogP contribution is 2.44. The van der Waals surface area contributed by atoms with Gasteiger partial charge in [-0.1, -0.05) is 48.5 Å². The highest BCUT2D eigenvalue weighted by Gasteiger charge is 2.28. The van der Waals surface area contributed by atoms with Crippen molar-refractivity contribution in [1.29, 1.82) is 0 Å². The summed E-state index contributed by atoms with van der Waals surface area (Å²) < 4.78 is 5.36. The Morgan fingerprint density at radius 1 is 1.04 bits per heavy atom. The molecule has 0 spiro atoms. The quantitative estimate of drug-likeness (QED) is 0.682. The minimum atomic E-state index is -1.11. The molecule has 2 aromatic rings. The molecule has 3 rings (SSSR count). The molecule has 1 atom stereocenters. The van der Waals surface area contributed by atoms with Gasteiger partial charge in [0, 0.05) is 18.9 Å². The van der Waals surface area contributed by atoms with E-state index >= 15 is 0 Å². The number of carbonyl (C=O) groups is 3. The van der Waals surface area contributed by atoms with E-state index in [0.29, 0.717) is 0 Å². The summed E-state index contributed by atoms with van der Waals surface area (Å²) in [6.45, 7) is 1.64. The Balaban J connectivity index is 1.50. The molecular weight excluding hydrogens is 360 g/mol. The molecule has 28 heavy (non-hydrogen) atoms. The molecule has 0 aromatic heterocycles. The van der Waals surface area contributed by atoms with E-state index in [4.69, 9.17) is 9.84 Å². The van der Waals surface area contributed by atoms with Crippen LogP contribution in [0.15, 0.2) is 48.5 Å². The Labute approximate surface area is 162 Å². The third-order valence-corrected chi connectivity index (χ3v) is 4.71. The van der Waals surface area contributed by atoms with Gasteiger partial charge in [0.15, 0.2) is 0 Å². The molecule has 1 aliphatic carbocycles. The Morgan fingerprint density at radius 3 is 2.18 bits per heavy atom. The SMILES string of the molecule is CC(NC(=O)CCNC(=O)OCC1c2ccccc2-c2ccccc21)C(=O)O. The average Bonchev–Trinajstić information content (AvgIpc) is 3.00. The minimum absolute atomic E-state index is 0.0260. The first-order chi connectivity index (χ1) is 13.5. The summed E-state index contributed by atoms with van der Waals surface area (Å²) in [5, 5.41) is 13.6. The largest absolute Gasteiger partial charge is 0.480 e. The zero-order chi connectivity index (χ0) is 20.1. The Hall–Kier alpha value is -3.35. The number of rotatable bonds is 7. The summed E-state index contributed by atoms with van der Waals surface area (Å²) >= 11 is 0. The van der Waals surface area contributed by atoms with Crippen LogP contribution in [0.5, 0.6) is 0 Å². The van der Waals surface area contributed by atoms with Gasteiger partial charge in [0.25, 0.3) is 0 Å². The van der Waals surface area contributed by atoms with E-state index in [1.807, 2.05) is 36.4 Å². The number of aliphatic carboxylic acids is 1. The summed E-state index contributed by atoms with van der Waals surface area (Å²) in [5.74, 6) is -1.59. The molecule has 0 fully saturated rings. The lowest BCUT2D eigenvalue weighted by Crippen LogP contribution is -2.40. The summed E-state index contributed by atoms with van der Waals surface area (Å²) in [7, 11) is 0. The predicted octanol–water partition coefficient (Wildman–Crippen LogP) is 2.50. The van der Waals surface area contributed by atoms with Crippen LogP contribution in [0.3, 0.4) is 0 Å². The first-order valence-electron chi connectivity index (χ1n) is 9.08. The van der Waals surface area contributed by atoms with Crippen LogP contribution in [0.1, 0.15) is 30.4 Å². The van der Waals surface area contributed by atoms with Gasteiger partial charge in [-0.3, -0.25) is 9.59 Å². The third kappa shape index (κ3) is 4.31. The second kappa shape index (κ2) is 8.56. The van der Waals surface area contributed by atoms with Crippen molar-refractivity contribution in [2.45, 2.75) is 25.3 Å². The molecular formula is C21H22N2O5.